The van der Waals surface area contributed by atoms with Crippen LogP contribution >= 0.6 is 15.9 Å². The Morgan fingerprint density at radius 2 is 1.75 bits per heavy atom. The first-order chi connectivity index (χ1) is 15.4. The van der Waals surface area contributed by atoms with Gasteiger partial charge in [0.25, 0.3) is 0 Å². The molecule has 0 aliphatic rings. The van der Waals surface area contributed by atoms with Crippen LogP contribution in [-0.4, -0.2) is 15.6 Å². The highest BCUT2D eigenvalue weighted by molar-refractivity contribution is 9.10. The van der Waals surface area contributed by atoms with Crippen LogP contribution in [0.1, 0.15) is 32.7 Å². The van der Waals surface area contributed by atoms with Crippen LogP contribution in [0.5, 0.6) is 0 Å². The zero-order valence-corrected chi connectivity index (χ0v) is 19.0. The van der Waals surface area contributed by atoms with Crippen molar-refractivity contribution in [2.24, 2.45) is 7.05 Å². The van der Waals surface area contributed by atoms with Gasteiger partial charge in [-0.2, -0.15) is 0 Å². The van der Waals surface area contributed by atoms with Gasteiger partial charge in [-0.05, 0) is 53.4 Å². The van der Waals surface area contributed by atoms with E-state index in [0.717, 1.165) is 21.1 Å². The number of nitrogens with zero attached hydrogens (tertiary/aromatic N) is 1. The molecule has 32 heavy (non-hydrogen) atoms. The summed E-state index contributed by atoms with van der Waals surface area (Å²) >= 11 is 3.48. The Labute approximate surface area is 194 Å². The number of pyridine rings is 1. The van der Waals surface area contributed by atoms with Crippen LogP contribution in [0, 0.1) is 11.8 Å². The number of carbonyl (C=O) groups is 1. The molecule has 0 saturated carbocycles. The molecule has 0 atom stereocenters. The van der Waals surface area contributed by atoms with Crippen LogP contribution < -0.4 is 5.43 Å². The molecule has 4 rings (SSSR count). The number of hydrogen-bond donors (Lipinski definition) is 1. The van der Waals surface area contributed by atoms with Crippen molar-refractivity contribution in [1.82, 2.24) is 4.57 Å². The highest BCUT2D eigenvalue weighted by Crippen LogP contribution is 2.18. The van der Waals surface area contributed by atoms with Crippen molar-refractivity contribution in [2.75, 3.05) is 0 Å². The van der Waals surface area contributed by atoms with Gasteiger partial charge in [0.2, 0.25) is 0 Å². The lowest BCUT2D eigenvalue weighted by Crippen LogP contribution is -2.18. The molecule has 1 heterocycles. The monoisotopic (exact) mass is 485 g/mol. The van der Waals surface area contributed by atoms with Gasteiger partial charge in [-0.3, -0.25) is 4.79 Å². The standard InChI is InChI=1S/C27H20BrNO3/c1-29-24-10-3-2-9-22(24)26(30)23(17-19-12-14-20(15-13-19)27(31)32)25(29)11-5-7-18-6-4-8-21(28)16-18/h2-4,6,8-10,12-16H,7,17H2,1H3,(H,31,32). The van der Waals surface area contributed by atoms with Crippen molar-refractivity contribution < 1.29 is 9.90 Å². The number of halogens is 1. The summed E-state index contributed by atoms with van der Waals surface area (Å²) in [6.07, 6.45) is 0.936. The van der Waals surface area contributed by atoms with Gasteiger partial charge in [-0.25, -0.2) is 4.79 Å². The Morgan fingerprint density at radius 1 is 1.00 bits per heavy atom. The highest BCUT2D eigenvalue weighted by atomic mass is 79.9. The topological polar surface area (TPSA) is 59.3 Å². The molecule has 0 aliphatic heterocycles. The maximum absolute atomic E-state index is 13.4. The molecule has 0 unspecified atom stereocenters. The van der Waals surface area contributed by atoms with E-state index in [9.17, 15) is 9.59 Å². The molecule has 0 amide bonds. The van der Waals surface area contributed by atoms with E-state index in [-0.39, 0.29) is 11.0 Å². The summed E-state index contributed by atoms with van der Waals surface area (Å²) in [4.78, 5) is 24.5. The summed E-state index contributed by atoms with van der Waals surface area (Å²) in [6, 6.07) is 22.1. The third-order valence-electron chi connectivity index (χ3n) is 5.38. The lowest BCUT2D eigenvalue weighted by atomic mass is 9.99. The van der Waals surface area contributed by atoms with Gasteiger partial charge in [0.15, 0.2) is 5.43 Å². The number of aromatic nitrogens is 1. The maximum atomic E-state index is 13.4. The molecule has 5 heteroatoms. The number of rotatable bonds is 4. The molecule has 0 aliphatic carbocycles. The van der Waals surface area contributed by atoms with Crippen molar-refractivity contribution in [1.29, 1.82) is 0 Å². The molecule has 3 aromatic carbocycles. The minimum Gasteiger partial charge on any atom is -0.478 e. The predicted octanol–water partition coefficient (Wildman–Crippen LogP) is 5.18. The fraction of sp³-hybridized carbons (Fsp3) is 0.111. The molecule has 0 spiro atoms. The molecule has 0 bridgehead atoms. The summed E-state index contributed by atoms with van der Waals surface area (Å²) in [5.41, 5.74) is 4.22. The lowest BCUT2D eigenvalue weighted by molar-refractivity contribution is 0.0697. The zero-order valence-electron chi connectivity index (χ0n) is 17.4. The van der Waals surface area contributed by atoms with Crippen molar-refractivity contribution >= 4 is 32.8 Å². The highest BCUT2D eigenvalue weighted by Gasteiger charge is 2.15. The fourth-order valence-corrected chi connectivity index (χ4v) is 4.17. The minimum absolute atomic E-state index is 0.0484. The SMILES string of the molecule is Cn1c(C#CCc2cccc(Br)c2)c(Cc2ccc(C(=O)O)cc2)c(=O)c2ccccc21. The molecule has 1 aromatic heterocycles. The second-order valence-electron chi connectivity index (χ2n) is 7.52. The van der Waals surface area contributed by atoms with E-state index in [2.05, 4.69) is 27.8 Å². The van der Waals surface area contributed by atoms with E-state index in [4.69, 9.17) is 5.11 Å². The molecule has 0 saturated heterocycles. The third kappa shape index (κ3) is 4.51. The molecule has 0 radical (unpaired) electrons. The largest absolute Gasteiger partial charge is 0.478 e. The quantitative estimate of drug-likeness (QED) is 0.405. The van der Waals surface area contributed by atoms with Gasteiger partial charge in [0, 0.05) is 35.3 Å². The van der Waals surface area contributed by atoms with Crippen LogP contribution in [0.3, 0.4) is 0 Å². The van der Waals surface area contributed by atoms with Gasteiger partial charge in [-0.15, -0.1) is 0 Å². The minimum atomic E-state index is -0.975. The number of para-hydroxylation sites is 1. The van der Waals surface area contributed by atoms with Gasteiger partial charge < -0.3 is 9.67 Å². The Balaban J connectivity index is 1.80. The Bertz CT molecular complexity index is 1440. The van der Waals surface area contributed by atoms with E-state index >= 15 is 0 Å². The first-order valence-corrected chi connectivity index (χ1v) is 10.9. The Kier molecular flexibility index (Phi) is 6.25. The zero-order chi connectivity index (χ0) is 22.7. The van der Waals surface area contributed by atoms with Crippen LogP contribution in [0.4, 0.5) is 0 Å². The summed E-state index contributed by atoms with van der Waals surface area (Å²) in [7, 11) is 1.92. The number of carboxylic acid groups (broad SMARTS) is 1. The molecular weight excluding hydrogens is 466 g/mol. The number of aromatic carboxylic acids is 1. The van der Waals surface area contributed by atoms with Crippen molar-refractivity contribution in [3.8, 4) is 11.8 Å². The molecule has 0 fully saturated rings. The summed E-state index contributed by atoms with van der Waals surface area (Å²) in [6.45, 7) is 0. The number of benzene rings is 3. The number of fused-ring (bicyclic) bond motifs is 1. The van der Waals surface area contributed by atoms with E-state index < -0.39 is 5.97 Å². The van der Waals surface area contributed by atoms with E-state index in [1.165, 1.54) is 0 Å². The van der Waals surface area contributed by atoms with Gasteiger partial charge in [0.05, 0.1) is 16.8 Å². The second-order valence-corrected chi connectivity index (χ2v) is 8.44. The average Bonchev–Trinajstić information content (AvgIpc) is 2.79. The van der Waals surface area contributed by atoms with E-state index in [1.54, 1.807) is 24.3 Å². The van der Waals surface area contributed by atoms with Crippen LogP contribution in [-0.2, 0) is 19.9 Å². The third-order valence-corrected chi connectivity index (χ3v) is 5.87. The Morgan fingerprint density at radius 3 is 2.47 bits per heavy atom. The maximum Gasteiger partial charge on any atom is 0.335 e. The van der Waals surface area contributed by atoms with Crippen LogP contribution in [0.2, 0.25) is 0 Å². The second kappa shape index (κ2) is 9.25. The number of carboxylic acids is 1. The lowest BCUT2D eigenvalue weighted by Gasteiger charge is -2.14. The molecule has 4 nitrogen and oxygen atoms in total. The van der Waals surface area contributed by atoms with Crippen LogP contribution in [0.25, 0.3) is 10.9 Å². The van der Waals surface area contributed by atoms with Crippen LogP contribution in [0.15, 0.2) is 82.1 Å². The molecule has 4 aromatic rings. The van der Waals surface area contributed by atoms with Gasteiger partial charge >= 0.3 is 5.97 Å². The first-order valence-electron chi connectivity index (χ1n) is 10.1. The normalized spacial score (nSPS) is 10.6. The van der Waals surface area contributed by atoms with E-state index in [1.807, 2.05) is 60.1 Å². The molecular formula is C27H20BrNO3. The van der Waals surface area contributed by atoms with Crippen molar-refractivity contribution in [2.45, 2.75) is 12.8 Å². The van der Waals surface area contributed by atoms with Crippen molar-refractivity contribution in [3.05, 3.63) is 115 Å². The first kappa shape index (κ1) is 21.6. The molecule has 1 N–H and O–H groups in total. The fourth-order valence-electron chi connectivity index (χ4n) is 3.72. The van der Waals surface area contributed by atoms with Gasteiger partial charge in [0.1, 0.15) is 0 Å². The molecule has 158 valence electrons. The summed E-state index contributed by atoms with van der Waals surface area (Å²) in [5, 5.41) is 9.79. The van der Waals surface area contributed by atoms with E-state index in [0.29, 0.717) is 29.5 Å². The smallest absolute Gasteiger partial charge is 0.335 e. The Hall–Kier alpha value is -3.62. The predicted molar refractivity (Wildman–Crippen MR) is 130 cm³/mol. The number of hydrogen-bond acceptors (Lipinski definition) is 2. The van der Waals surface area contributed by atoms with Crippen molar-refractivity contribution in [3.63, 3.8) is 0 Å². The summed E-state index contributed by atoms with van der Waals surface area (Å²) in [5.74, 6) is 5.48. The van der Waals surface area contributed by atoms with Gasteiger partial charge in [-0.1, -0.05) is 58.2 Å². The summed E-state index contributed by atoms with van der Waals surface area (Å²) < 4.78 is 2.96. The number of aryl methyl sites for hydroxylation is 1. The average molecular weight is 486 g/mol.